The van der Waals surface area contributed by atoms with Crippen LogP contribution in [-0.4, -0.2) is 20.3 Å². The Bertz CT molecular complexity index is 1570. The summed E-state index contributed by atoms with van der Waals surface area (Å²) in [5.74, 6) is -0.610. The average Bonchev–Trinajstić information content (AvgIpc) is 3.32. The fourth-order valence-electron chi connectivity index (χ4n) is 4.23. The molecule has 0 aliphatic rings. The maximum absolute atomic E-state index is 13.4. The molecule has 5 nitrogen and oxygen atoms in total. The van der Waals surface area contributed by atoms with Crippen molar-refractivity contribution in [3.63, 3.8) is 0 Å². The molecule has 0 saturated carbocycles. The van der Waals surface area contributed by atoms with Crippen molar-refractivity contribution < 1.29 is 18.0 Å². The predicted octanol–water partition coefficient (Wildman–Crippen LogP) is 6.90. The van der Waals surface area contributed by atoms with Gasteiger partial charge in [0.15, 0.2) is 5.65 Å². The van der Waals surface area contributed by atoms with Crippen LogP contribution in [0.4, 0.5) is 18.9 Å². The first-order valence-corrected chi connectivity index (χ1v) is 11.3. The van der Waals surface area contributed by atoms with Crippen LogP contribution in [0.1, 0.15) is 28.4 Å². The molecule has 3 aromatic carbocycles. The Morgan fingerprint density at radius 1 is 0.972 bits per heavy atom. The summed E-state index contributed by atoms with van der Waals surface area (Å²) in [6.07, 6.45) is 3.14. The van der Waals surface area contributed by atoms with E-state index in [1.807, 2.05) is 47.9 Å². The molecule has 0 fully saturated rings. The summed E-state index contributed by atoms with van der Waals surface area (Å²) < 4.78 is 42.1. The second-order valence-electron chi connectivity index (χ2n) is 8.25. The summed E-state index contributed by atoms with van der Waals surface area (Å²) in [7, 11) is 0. The van der Waals surface area contributed by atoms with Crippen molar-refractivity contribution in [2.24, 2.45) is 0 Å². The summed E-state index contributed by atoms with van der Waals surface area (Å²) in [6.45, 7) is 2.01. The molecule has 36 heavy (non-hydrogen) atoms. The van der Waals surface area contributed by atoms with E-state index in [0.717, 1.165) is 46.1 Å². The number of alkyl halides is 3. The molecule has 0 spiro atoms. The molecule has 5 rings (SSSR count). The van der Waals surface area contributed by atoms with Crippen molar-refractivity contribution in [2.45, 2.75) is 19.5 Å². The lowest BCUT2D eigenvalue weighted by atomic mass is 9.94. The highest BCUT2D eigenvalue weighted by atomic mass is 19.4. The van der Waals surface area contributed by atoms with Crippen molar-refractivity contribution in [1.82, 2.24) is 14.4 Å². The van der Waals surface area contributed by atoms with Crippen LogP contribution in [0.2, 0.25) is 0 Å². The van der Waals surface area contributed by atoms with E-state index in [9.17, 15) is 18.0 Å². The third kappa shape index (κ3) is 4.45. The molecule has 0 aliphatic carbocycles. The lowest BCUT2D eigenvalue weighted by Crippen LogP contribution is -2.16. The van der Waals surface area contributed by atoms with E-state index in [2.05, 4.69) is 15.3 Å². The zero-order valence-corrected chi connectivity index (χ0v) is 19.3. The molecular weight excluding hydrogens is 465 g/mol. The largest absolute Gasteiger partial charge is 0.418 e. The molecule has 0 saturated heterocycles. The third-order valence-corrected chi connectivity index (χ3v) is 6.02. The zero-order valence-electron chi connectivity index (χ0n) is 19.3. The van der Waals surface area contributed by atoms with Gasteiger partial charge in [-0.1, -0.05) is 43.3 Å². The topological polar surface area (TPSA) is 59.3 Å². The first-order chi connectivity index (χ1) is 17.3. The van der Waals surface area contributed by atoms with Crippen LogP contribution in [0.15, 0.2) is 91.5 Å². The number of aryl methyl sites for hydroxylation is 1. The fraction of sp³-hybridized carbons (Fsp3) is 0.107. The Morgan fingerprint density at radius 2 is 1.78 bits per heavy atom. The number of benzene rings is 3. The van der Waals surface area contributed by atoms with Crippen molar-refractivity contribution in [2.75, 3.05) is 5.32 Å². The quantitative estimate of drug-likeness (QED) is 0.294. The zero-order chi connectivity index (χ0) is 25.3. The van der Waals surface area contributed by atoms with Crippen LogP contribution in [0, 0.1) is 0 Å². The van der Waals surface area contributed by atoms with Gasteiger partial charge in [-0.05, 0) is 53.4 Å². The molecule has 2 heterocycles. The Balaban J connectivity index is 1.52. The van der Waals surface area contributed by atoms with Gasteiger partial charge in [-0.25, -0.2) is 4.98 Å². The van der Waals surface area contributed by atoms with Gasteiger partial charge in [-0.15, -0.1) is 0 Å². The van der Waals surface area contributed by atoms with E-state index in [4.69, 9.17) is 0 Å². The Morgan fingerprint density at radius 3 is 2.58 bits per heavy atom. The normalized spacial score (nSPS) is 11.6. The molecule has 0 unspecified atom stereocenters. The first-order valence-electron chi connectivity index (χ1n) is 11.3. The van der Waals surface area contributed by atoms with Gasteiger partial charge in [0, 0.05) is 23.5 Å². The van der Waals surface area contributed by atoms with Crippen molar-refractivity contribution in [3.05, 3.63) is 108 Å². The summed E-state index contributed by atoms with van der Waals surface area (Å²) in [5, 5.41) is 2.43. The molecule has 0 bridgehead atoms. The molecule has 8 heteroatoms. The van der Waals surface area contributed by atoms with Gasteiger partial charge in [-0.2, -0.15) is 13.2 Å². The van der Waals surface area contributed by atoms with Gasteiger partial charge in [-0.3, -0.25) is 14.2 Å². The molecule has 2 aromatic heterocycles. The smallest absolute Gasteiger partial charge is 0.321 e. The lowest BCUT2D eigenvalue weighted by Gasteiger charge is -2.15. The van der Waals surface area contributed by atoms with Gasteiger partial charge >= 0.3 is 6.18 Å². The molecule has 1 N–H and O–H groups in total. The summed E-state index contributed by atoms with van der Waals surface area (Å²) in [5.41, 5.74) is 4.40. The van der Waals surface area contributed by atoms with E-state index in [1.54, 1.807) is 30.7 Å². The number of carbonyl (C=O) groups is 1. The van der Waals surface area contributed by atoms with Crippen molar-refractivity contribution >= 4 is 17.2 Å². The van der Waals surface area contributed by atoms with Gasteiger partial charge < -0.3 is 5.32 Å². The van der Waals surface area contributed by atoms with Crippen LogP contribution < -0.4 is 5.32 Å². The van der Waals surface area contributed by atoms with Crippen LogP contribution >= 0.6 is 0 Å². The van der Waals surface area contributed by atoms with E-state index in [1.165, 1.54) is 18.2 Å². The Kier molecular flexibility index (Phi) is 6.01. The molecule has 5 aromatic rings. The molecule has 1 amide bonds. The molecule has 0 radical (unpaired) electrons. The number of amides is 1. The number of hydrogen-bond acceptors (Lipinski definition) is 3. The summed E-state index contributed by atoms with van der Waals surface area (Å²) >= 11 is 0. The highest BCUT2D eigenvalue weighted by Gasteiger charge is 2.33. The number of rotatable bonds is 5. The number of anilines is 1. The number of halogens is 3. The number of carbonyl (C=O) groups excluding carboxylic acids is 1. The van der Waals surface area contributed by atoms with Crippen LogP contribution in [0.25, 0.3) is 28.0 Å². The molecule has 180 valence electrons. The third-order valence-electron chi connectivity index (χ3n) is 6.02. The highest BCUT2D eigenvalue weighted by molar-refractivity contribution is 6.05. The molecule has 0 aliphatic heterocycles. The van der Waals surface area contributed by atoms with Crippen LogP contribution in [-0.2, 0) is 12.6 Å². The van der Waals surface area contributed by atoms with Gasteiger partial charge in [0.2, 0.25) is 0 Å². The number of imidazole rings is 1. The van der Waals surface area contributed by atoms with Crippen LogP contribution in [0.5, 0.6) is 0 Å². The van der Waals surface area contributed by atoms with E-state index in [-0.39, 0.29) is 11.3 Å². The number of nitrogens with zero attached hydrogens (tertiary/aromatic N) is 3. The monoisotopic (exact) mass is 486 g/mol. The van der Waals surface area contributed by atoms with Gasteiger partial charge in [0.25, 0.3) is 5.91 Å². The standard InChI is InChI=1S/C28H21F3N4O/c1-2-18-10-11-21(27(36)34-24-9-4-3-8-23(24)28(29,30)31)15-22(18)19-6-5-7-20(14-19)25-16-33-26-17-32-12-13-35(25)26/h3-17H,2H2,1H3,(H,34,36). The maximum Gasteiger partial charge on any atom is 0.418 e. The Labute approximate surface area is 205 Å². The molecular formula is C28H21F3N4O. The maximum atomic E-state index is 13.4. The Hall–Kier alpha value is -4.46. The predicted molar refractivity (Wildman–Crippen MR) is 133 cm³/mol. The first kappa shape index (κ1) is 23.3. The average molecular weight is 486 g/mol. The number of nitrogens with one attached hydrogen (secondary N) is 1. The van der Waals surface area contributed by atoms with Crippen LogP contribution in [0.3, 0.4) is 0 Å². The highest BCUT2D eigenvalue weighted by Crippen LogP contribution is 2.35. The number of para-hydroxylation sites is 1. The summed E-state index contributed by atoms with van der Waals surface area (Å²) in [4.78, 5) is 21.5. The molecule has 0 atom stereocenters. The minimum absolute atomic E-state index is 0.269. The number of hydrogen-bond donors (Lipinski definition) is 1. The minimum atomic E-state index is -4.57. The fourth-order valence-corrected chi connectivity index (χ4v) is 4.23. The van der Waals surface area contributed by atoms with E-state index in [0.29, 0.717) is 0 Å². The van der Waals surface area contributed by atoms with Crippen molar-refractivity contribution in [1.29, 1.82) is 0 Å². The minimum Gasteiger partial charge on any atom is -0.321 e. The number of fused-ring (bicyclic) bond motifs is 1. The van der Waals surface area contributed by atoms with E-state index < -0.39 is 17.6 Å². The summed E-state index contributed by atoms with van der Waals surface area (Å²) in [6, 6.07) is 18.0. The van der Waals surface area contributed by atoms with Crippen molar-refractivity contribution in [3.8, 4) is 22.4 Å². The van der Waals surface area contributed by atoms with Gasteiger partial charge in [0.1, 0.15) is 0 Å². The second-order valence-corrected chi connectivity index (χ2v) is 8.25. The van der Waals surface area contributed by atoms with Gasteiger partial charge in [0.05, 0.1) is 29.3 Å². The SMILES string of the molecule is CCc1ccc(C(=O)Nc2ccccc2C(F)(F)F)cc1-c1cccc(-c2cnc3cnccn23)c1. The number of aromatic nitrogens is 3. The lowest BCUT2D eigenvalue weighted by molar-refractivity contribution is -0.136. The second kappa shape index (κ2) is 9.30. The van der Waals surface area contributed by atoms with E-state index >= 15 is 0 Å².